The van der Waals surface area contributed by atoms with Gasteiger partial charge in [-0.05, 0) is 54.1 Å². The van der Waals surface area contributed by atoms with E-state index in [2.05, 4.69) is 5.32 Å². The van der Waals surface area contributed by atoms with Crippen LogP contribution in [0.15, 0.2) is 78.5 Å². The lowest BCUT2D eigenvalue weighted by Crippen LogP contribution is -2.27. The zero-order valence-corrected chi connectivity index (χ0v) is 16.4. The Morgan fingerprint density at radius 2 is 1.66 bits per heavy atom. The predicted molar refractivity (Wildman–Crippen MR) is 112 cm³/mol. The molecule has 29 heavy (non-hydrogen) atoms. The van der Waals surface area contributed by atoms with E-state index in [1.807, 2.05) is 0 Å². The monoisotopic (exact) mass is 427 g/mol. The summed E-state index contributed by atoms with van der Waals surface area (Å²) >= 11 is 11.9. The highest BCUT2D eigenvalue weighted by molar-refractivity contribution is 6.32. The van der Waals surface area contributed by atoms with Crippen molar-refractivity contribution in [2.24, 2.45) is 0 Å². The molecule has 7 heteroatoms. The van der Waals surface area contributed by atoms with Crippen molar-refractivity contribution in [3.05, 3.63) is 99.7 Å². The van der Waals surface area contributed by atoms with Crippen molar-refractivity contribution in [3.63, 3.8) is 0 Å². The number of hydrogen-bond acceptors (Lipinski definition) is 3. The molecule has 0 aliphatic rings. The highest BCUT2D eigenvalue weighted by Gasteiger charge is 2.14. The second-order valence-electron chi connectivity index (χ2n) is 5.93. The van der Waals surface area contributed by atoms with Crippen LogP contribution in [0.1, 0.15) is 15.9 Å². The quantitative estimate of drug-likeness (QED) is 0.498. The molecule has 2 N–H and O–H groups in total. The number of hydrogen-bond donors (Lipinski definition) is 2. The van der Waals surface area contributed by atoms with Crippen molar-refractivity contribution in [2.45, 2.75) is 0 Å². The number of carbonyl (C=O) groups excluding carboxylic acids is 1. The molecule has 5 nitrogen and oxygen atoms in total. The molecule has 0 aliphatic carbocycles. The number of carboxylic acids is 1. The second-order valence-corrected chi connectivity index (χ2v) is 6.77. The lowest BCUT2D eigenvalue weighted by molar-refractivity contribution is -0.132. The Bertz CT molecular complexity index is 1080. The third-order valence-electron chi connectivity index (χ3n) is 3.82. The third kappa shape index (κ3) is 5.60. The van der Waals surface area contributed by atoms with Crippen molar-refractivity contribution in [3.8, 4) is 11.5 Å². The lowest BCUT2D eigenvalue weighted by Gasteiger charge is -2.08. The molecule has 0 fully saturated rings. The number of aliphatic carboxylic acids is 1. The zero-order valence-electron chi connectivity index (χ0n) is 14.9. The van der Waals surface area contributed by atoms with Gasteiger partial charge in [-0.25, -0.2) is 4.79 Å². The Hall–Kier alpha value is -3.28. The topological polar surface area (TPSA) is 75.6 Å². The molecule has 0 aromatic heterocycles. The molecule has 0 heterocycles. The lowest BCUT2D eigenvalue weighted by atomic mass is 10.1. The molecular weight excluding hydrogens is 413 g/mol. The molecule has 146 valence electrons. The Morgan fingerprint density at radius 3 is 2.31 bits per heavy atom. The molecule has 0 aliphatic heterocycles. The summed E-state index contributed by atoms with van der Waals surface area (Å²) in [5.74, 6) is -0.788. The number of amides is 1. The van der Waals surface area contributed by atoms with Gasteiger partial charge in [-0.15, -0.1) is 0 Å². The van der Waals surface area contributed by atoms with E-state index in [9.17, 15) is 14.7 Å². The first-order valence-electron chi connectivity index (χ1n) is 8.47. The fraction of sp³-hybridized carbons (Fsp3) is 0. The van der Waals surface area contributed by atoms with Crippen molar-refractivity contribution >= 4 is 41.2 Å². The highest BCUT2D eigenvalue weighted by atomic mass is 35.5. The number of carboxylic acid groups (broad SMARTS) is 1. The summed E-state index contributed by atoms with van der Waals surface area (Å²) in [5, 5.41) is 12.7. The van der Waals surface area contributed by atoms with Gasteiger partial charge in [0.05, 0.1) is 5.02 Å². The number of ether oxygens (including phenoxy) is 1. The van der Waals surface area contributed by atoms with Crippen LogP contribution in [0, 0.1) is 0 Å². The van der Waals surface area contributed by atoms with E-state index in [4.69, 9.17) is 27.9 Å². The van der Waals surface area contributed by atoms with E-state index in [0.717, 1.165) is 0 Å². The maximum atomic E-state index is 12.3. The van der Waals surface area contributed by atoms with Crippen LogP contribution in [0.25, 0.3) is 6.08 Å². The van der Waals surface area contributed by atoms with Gasteiger partial charge in [0.1, 0.15) is 17.2 Å². The Morgan fingerprint density at radius 1 is 0.931 bits per heavy atom. The first-order chi connectivity index (χ1) is 13.9. The number of carbonyl (C=O) groups is 2. The Labute approximate surface area is 177 Å². The first-order valence-corrected chi connectivity index (χ1v) is 9.22. The van der Waals surface area contributed by atoms with Crippen LogP contribution in [-0.2, 0) is 4.79 Å². The van der Waals surface area contributed by atoms with Crippen LogP contribution in [0.2, 0.25) is 10.0 Å². The minimum atomic E-state index is -1.27. The predicted octanol–water partition coefficient (Wildman–Crippen LogP) is 5.64. The van der Waals surface area contributed by atoms with E-state index in [-0.39, 0.29) is 11.3 Å². The summed E-state index contributed by atoms with van der Waals surface area (Å²) in [6.07, 6.45) is 1.35. The molecule has 3 rings (SSSR count). The number of halogens is 2. The normalized spacial score (nSPS) is 11.0. The van der Waals surface area contributed by atoms with Gasteiger partial charge in [0.25, 0.3) is 5.91 Å². The summed E-state index contributed by atoms with van der Waals surface area (Å²) in [7, 11) is 0. The van der Waals surface area contributed by atoms with Gasteiger partial charge in [-0.1, -0.05) is 53.5 Å². The van der Waals surface area contributed by atoms with E-state index < -0.39 is 11.9 Å². The van der Waals surface area contributed by atoms with Gasteiger partial charge < -0.3 is 15.2 Å². The van der Waals surface area contributed by atoms with Crippen molar-refractivity contribution in [1.82, 2.24) is 5.32 Å². The molecule has 0 unspecified atom stereocenters. The van der Waals surface area contributed by atoms with E-state index in [0.29, 0.717) is 27.1 Å². The number of nitrogens with one attached hydrogen (secondary N) is 1. The van der Waals surface area contributed by atoms with Crippen LogP contribution < -0.4 is 10.1 Å². The second kappa shape index (κ2) is 9.28. The fourth-order valence-electron chi connectivity index (χ4n) is 2.43. The number of benzene rings is 3. The summed E-state index contributed by atoms with van der Waals surface area (Å²) in [4.78, 5) is 23.8. The number of rotatable bonds is 6. The van der Waals surface area contributed by atoms with Crippen LogP contribution in [-0.4, -0.2) is 17.0 Å². The van der Waals surface area contributed by atoms with Crippen molar-refractivity contribution in [1.29, 1.82) is 0 Å². The largest absolute Gasteiger partial charge is 0.477 e. The van der Waals surface area contributed by atoms with Crippen LogP contribution in [0.5, 0.6) is 11.5 Å². The SMILES string of the molecule is O=C(O)/C(=C/c1ccc(Oc2ccccc2Cl)cc1)NC(=O)c1cccc(Cl)c1. The standard InChI is InChI=1S/C22H15Cl2NO4/c23-16-5-3-4-15(13-16)21(26)25-19(22(27)28)12-14-8-10-17(11-9-14)29-20-7-2-1-6-18(20)24/h1-13H,(H,25,26)(H,27,28)/b19-12-. The van der Waals surface area contributed by atoms with E-state index in [1.165, 1.54) is 12.1 Å². The molecule has 0 spiro atoms. The fourth-order valence-corrected chi connectivity index (χ4v) is 2.79. The zero-order chi connectivity index (χ0) is 20.8. The first kappa shape index (κ1) is 20.5. The maximum absolute atomic E-state index is 12.3. The maximum Gasteiger partial charge on any atom is 0.352 e. The molecule has 3 aromatic rings. The Balaban J connectivity index is 1.76. The summed E-state index contributed by atoms with van der Waals surface area (Å²) in [5.41, 5.74) is 0.559. The smallest absolute Gasteiger partial charge is 0.352 e. The van der Waals surface area contributed by atoms with Crippen molar-refractivity contribution in [2.75, 3.05) is 0 Å². The minimum Gasteiger partial charge on any atom is -0.477 e. The average molecular weight is 428 g/mol. The van der Waals surface area contributed by atoms with Gasteiger partial charge >= 0.3 is 5.97 Å². The molecular formula is C22H15Cl2NO4. The molecule has 0 saturated heterocycles. The van der Waals surface area contributed by atoms with Gasteiger partial charge in [0.2, 0.25) is 0 Å². The highest BCUT2D eigenvalue weighted by Crippen LogP contribution is 2.29. The van der Waals surface area contributed by atoms with Crippen LogP contribution >= 0.6 is 23.2 Å². The van der Waals surface area contributed by atoms with E-state index in [1.54, 1.807) is 66.7 Å². The van der Waals surface area contributed by atoms with Gasteiger partial charge in [0, 0.05) is 10.6 Å². The van der Waals surface area contributed by atoms with Gasteiger partial charge in [-0.2, -0.15) is 0 Å². The van der Waals surface area contributed by atoms with Crippen molar-refractivity contribution < 1.29 is 19.4 Å². The van der Waals surface area contributed by atoms with Gasteiger partial charge in [-0.3, -0.25) is 4.79 Å². The average Bonchev–Trinajstić information content (AvgIpc) is 2.70. The van der Waals surface area contributed by atoms with Gasteiger partial charge in [0.15, 0.2) is 0 Å². The molecule has 0 bridgehead atoms. The number of para-hydroxylation sites is 1. The van der Waals surface area contributed by atoms with Crippen LogP contribution in [0.3, 0.4) is 0 Å². The molecule has 0 atom stereocenters. The molecule has 3 aromatic carbocycles. The van der Waals surface area contributed by atoms with Crippen LogP contribution in [0.4, 0.5) is 0 Å². The van der Waals surface area contributed by atoms with E-state index >= 15 is 0 Å². The molecule has 0 radical (unpaired) electrons. The Kier molecular flexibility index (Phi) is 6.54. The third-order valence-corrected chi connectivity index (χ3v) is 4.37. The summed E-state index contributed by atoms with van der Waals surface area (Å²) in [6, 6.07) is 20.0. The summed E-state index contributed by atoms with van der Waals surface area (Å²) in [6.45, 7) is 0. The summed E-state index contributed by atoms with van der Waals surface area (Å²) < 4.78 is 5.70. The molecule has 0 saturated carbocycles. The minimum absolute atomic E-state index is 0.258. The molecule has 1 amide bonds.